The summed E-state index contributed by atoms with van der Waals surface area (Å²) in [5.41, 5.74) is 3.11. The highest BCUT2D eigenvalue weighted by Gasteiger charge is 2.28. The van der Waals surface area contributed by atoms with Gasteiger partial charge in [-0.3, -0.25) is 4.79 Å². The molecule has 0 saturated heterocycles. The molecule has 112 valence electrons. The summed E-state index contributed by atoms with van der Waals surface area (Å²) < 4.78 is 4.00. The minimum Gasteiger partial charge on any atom is -0.345 e. The molecule has 0 spiro atoms. The number of carbonyl (C=O) groups excluding carboxylic acids is 1. The molecule has 1 aliphatic carbocycles. The Bertz CT molecular complexity index is 671. The maximum atomic E-state index is 12.5. The number of aryl methyl sites for hydroxylation is 2. The van der Waals surface area contributed by atoms with E-state index in [9.17, 15) is 4.79 Å². The van der Waals surface area contributed by atoms with Gasteiger partial charge in [0.2, 0.25) is 5.16 Å². The average Bonchev–Trinajstić information content (AvgIpc) is 3.11. The summed E-state index contributed by atoms with van der Waals surface area (Å²) in [5, 5.41) is 12.1. The zero-order valence-corrected chi connectivity index (χ0v) is 13.4. The van der Waals surface area contributed by atoms with Gasteiger partial charge in [-0.15, -0.1) is 5.10 Å². The monoisotopic (exact) mass is 305 g/mol. The summed E-state index contributed by atoms with van der Waals surface area (Å²) in [5.74, 6) is 0.514. The number of rotatable bonds is 6. The van der Waals surface area contributed by atoms with Crippen LogP contribution in [0.3, 0.4) is 0 Å². The first-order valence-corrected chi connectivity index (χ1v) is 8.21. The van der Waals surface area contributed by atoms with Crippen molar-refractivity contribution in [3.05, 3.63) is 23.0 Å². The summed E-state index contributed by atoms with van der Waals surface area (Å²) >= 11 is 1.40. The number of hydrogen-bond acceptors (Lipinski definition) is 5. The van der Waals surface area contributed by atoms with Crippen LogP contribution in [0.4, 0.5) is 0 Å². The number of tetrazole rings is 1. The highest BCUT2D eigenvalue weighted by Crippen LogP contribution is 2.38. The predicted molar refractivity (Wildman–Crippen MR) is 80.7 cm³/mol. The molecule has 3 rings (SSSR count). The summed E-state index contributed by atoms with van der Waals surface area (Å²) in [7, 11) is 0. The second-order valence-corrected chi connectivity index (χ2v) is 6.32. The van der Waals surface area contributed by atoms with Crippen molar-refractivity contribution in [1.29, 1.82) is 0 Å². The predicted octanol–water partition coefficient (Wildman–Crippen LogP) is 2.42. The van der Waals surface area contributed by atoms with Crippen LogP contribution in [0.15, 0.2) is 11.2 Å². The number of aromatic nitrogens is 5. The molecule has 2 heterocycles. The normalized spacial score (nSPS) is 14.6. The lowest BCUT2D eigenvalue weighted by Gasteiger charge is -2.07. The zero-order valence-electron chi connectivity index (χ0n) is 12.5. The van der Waals surface area contributed by atoms with Crippen molar-refractivity contribution in [3.8, 4) is 0 Å². The van der Waals surface area contributed by atoms with Crippen molar-refractivity contribution in [2.24, 2.45) is 0 Å². The molecular weight excluding hydrogens is 286 g/mol. The Morgan fingerprint density at radius 3 is 2.86 bits per heavy atom. The minimum atomic E-state index is 0.144. The van der Waals surface area contributed by atoms with E-state index in [0.29, 0.717) is 23.5 Å². The fourth-order valence-electron chi connectivity index (χ4n) is 2.66. The van der Waals surface area contributed by atoms with Gasteiger partial charge in [-0.2, -0.15) is 0 Å². The molecule has 7 heteroatoms. The SMILES string of the molecule is CCn1nnnc1SCC(=O)c1cc(C)n(C2CC2)c1C. The molecule has 0 atom stereocenters. The van der Waals surface area contributed by atoms with E-state index in [-0.39, 0.29) is 5.78 Å². The molecule has 2 aromatic rings. The van der Waals surface area contributed by atoms with Crippen LogP contribution in [-0.4, -0.2) is 36.3 Å². The van der Waals surface area contributed by atoms with E-state index in [1.54, 1.807) is 4.68 Å². The topological polar surface area (TPSA) is 65.6 Å². The van der Waals surface area contributed by atoms with Crippen molar-refractivity contribution >= 4 is 17.5 Å². The molecule has 21 heavy (non-hydrogen) atoms. The fourth-order valence-corrected chi connectivity index (χ4v) is 3.48. The van der Waals surface area contributed by atoms with Crippen molar-refractivity contribution in [2.45, 2.75) is 51.4 Å². The molecule has 0 aromatic carbocycles. The van der Waals surface area contributed by atoms with Crippen LogP contribution in [0.25, 0.3) is 0 Å². The molecule has 0 aliphatic heterocycles. The maximum Gasteiger partial charge on any atom is 0.209 e. The summed E-state index contributed by atoms with van der Waals surface area (Å²) in [6.45, 7) is 6.80. The quantitative estimate of drug-likeness (QED) is 0.606. The molecular formula is C14H19N5OS. The summed E-state index contributed by atoms with van der Waals surface area (Å²) in [6, 6.07) is 2.62. The fraction of sp³-hybridized carbons (Fsp3) is 0.571. The number of nitrogens with zero attached hydrogens (tertiary/aromatic N) is 5. The summed E-state index contributed by atoms with van der Waals surface area (Å²) in [6.07, 6.45) is 2.45. The van der Waals surface area contributed by atoms with Crippen LogP contribution in [0.1, 0.15) is 47.6 Å². The van der Waals surface area contributed by atoms with Gasteiger partial charge < -0.3 is 4.57 Å². The second kappa shape index (κ2) is 5.63. The van der Waals surface area contributed by atoms with Gasteiger partial charge >= 0.3 is 0 Å². The van der Waals surface area contributed by atoms with E-state index in [1.165, 1.54) is 30.3 Å². The van der Waals surface area contributed by atoms with Gasteiger partial charge in [0.25, 0.3) is 0 Å². The van der Waals surface area contributed by atoms with Gasteiger partial charge in [0.05, 0.1) is 5.75 Å². The van der Waals surface area contributed by atoms with Crippen LogP contribution in [0, 0.1) is 13.8 Å². The Morgan fingerprint density at radius 2 is 2.19 bits per heavy atom. The van der Waals surface area contributed by atoms with Crippen LogP contribution in [-0.2, 0) is 6.54 Å². The van der Waals surface area contributed by atoms with Crippen LogP contribution in [0.5, 0.6) is 0 Å². The van der Waals surface area contributed by atoms with Crippen LogP contribution < -0.4 is 0 Å². The zero-order chi connectivity index (χ0) is 15.0. The third-order valence-electron chi connectivity index (χ3n) is 3.83. The number of Topliss-reactive ketones (excluding diaryl/α,β-unsaturated/α-hetero) is 1. The van der Waals surface area contributed by atoms with Gasteiger partial charge in [0.15, 0.2) is 5.78 Å². The number of thioether (sulfide) groups is 1. The average molecular weight is 305 g/mol. The molecule has 1 saturated carbocycles. The van der Waals surface area contributed by atoms with Crippen molar-refractivity contribution in [3.63, 3.8) is 0 Å². The van der Waals surface area contributed by atoms with E-state index >= 15 is 0 Å². The molecule has 0 amide bonds. The highest BCUT2D eigenvalue weighted by molar-refractivity contribution is 7.99. The molecule has 1 fully saturated rings. The number of carbonyl (C=O) groups is 1. The number of hydrogen-bond donors (Lipinski definition) is 0. The lowest BCUT2D eigenvalue weighted by atomic mass is 10.2. The first-order chi connectivity index (χ1) is 10.1. The molecule has 1 aliphatic rings. The van der Waals surface area contributed by atoms with Crippen molar-refractivity contribution in [1.82, 2.24) is 24.8 Å². The Morgan fingerprint density at radius 1 is 1.43 bits per heavy atom. The molecule has 0 radical (unpaired) electrons. The lowest BCUT2D eigenvalue weighted by molar-refractivity contribution is 0.102. The Labute approximate surface area is 127 Å². The Kier molecular flexibility index (Phi) is 3.84. The van der Waals surface area contributed by atoms with E-state index in [1.807, 2.05) is 19.9 Å². The van der Waals surface area contributed by atoms with Gasteiger partial charge in [0.1, 0.15) is 0 Å². The van der Waals surface area contributed by atoms with Crippen molar-refractivity contribution < 1.29 is 4.79 Å². The van der Waals surface area contributed by atoms with Gasteiger partial charge in [-0.25, -0.2) is 4.68 Å². The molecule has 6 nitrogen and oxygen atoms in total. The van der Waals surface area contributed by atoms with Gasteiger partial charge in [-0.1, -0.05) is 11.8 Å². The van der Waals surface area contributed by atoms with Crippen LogP contribution >= 0.6 is 11.8 Å². The largest absolute Gasteiger partial charge is 0.345 e. The lowest BCUT2D eigenvalue weighted by Crippen LogP contribution is -2.07. The highest BCUT2D eigenvalue weighted by atomic mass is 32.2. The molecule has 2 aromatic heterocycles. The molecule has 0 unspecified atom stereocenters. The summed E-state index contributed by atoms with van der Waals surface area (Å²) in [4.78, 5) is 12.5. The van der Waals surface area contributed by atoms with E-state index in [2.05, 4.69) is 27.0 Å². The Balaban J connectivity index is 1.72. The van der Waals surface area contributed by atoms with Gasteiger partial charge in [0, 0.05) is 29.5 Å². The molecule has 0 bridgehead atoms. The minimum absolute atomic E-state index is 0.144. The third kappa shape index (κ3) is 2.74. The first-order valence-electron chi connectivity index (χ1n) is 7.22. The standard InChI is InChI=1S/C14H19N5OS/c1-4-18-14(15-16-17-18)21-8-13(20)12-7-9(2)19(10(12)3)11-5-6-11/h7,11H,4-6,8H2,1-3H3. The smallest absolute Gasteiger partial charge is 0.209 e. The molecule has 0 N–H and O–H groups in total. The van der Waals surface area contributed by atoms with E-state index in [0.717, 1.165) is 11.3 Å². The van der Waals surface area contributed by atoms with E-state index < -0.39 is 0 Å². The number of ketones is 1. The second-order valence-electron chi connectivity index (χ2n) is 5.38. The van der Waals surface area contributed by atoms with Gasteiger partial charge in [-0.05, 0) is 50.1 Å². The maximum absolute atomic E-state index is 12.5. The van der Waals surface area contributed by atoms with Crippen molar-refractivity contribution in [2.75, 3.05) is 5.75 Å². The first kappa shape index (κ1) is 14.3. The Hall–Kier alpha value is -1.63. The van der Waals surface area contributed by atoms with Crippen LogP contribution in [0.2, 0.25) is 0 Å². The third-order valence-corrected chi connectivity index (χ3v) is 4.78. The van der Waals surface area contributed by atoms with E-state index in [4.69, 9.17) is 0 Å².